The van der Waals surface area contributed by atoms with E-state index in [1.807, 2.05) is 0 Å². The molecule has 1 heterocycles. The number of ether oxygens (including phenoxy) is 2. The molecule has 20 heavy (non-hydrogen) atoms. The number of hydrogen-bond donors (Lipinski definition) is 0. The van der Waals surface area contributed by atoms with Gasteiger partial charge >= 0.3 is 0 Å². The highest BCUT2D eigenvalue weighted by atomic mass is 16.7. The van der Waals surface area contributed by atoms with E-state index in [0.717, 1.165) is 0 Å². The lowest BCUT2D eigenvalue weighted by molar-refractivity contribution is -0.0724. The van der Waals surface area contributed by atoms with Crippen LogP contribution in [0.25, 0.3) is 0 Å². The fraction of sp³-hybridized carbons (Fsp3) is 0.889. The van der Waals surface area contributed by atoms with Gasteiger partial charge in [0.1, 0.15) is 12.5 Å². The Morgan fingerprint density at radius 3 is 1.70 bits per heavy atom. The first-order valence-electron chi connectivity index (χ1n) is 8.84. The largest absolute Gasteiger partial charge is 0.459 e. The van der Waals surface area contributed by atoms with Crippen LogP contribution in [0.4, 0.5) is 0 Å². The molecule has 0 radical (unpaired) electrons. The molecule has 0 saturated heterocycles. The molecule has 0 spiro atoms. The predicted molar refractivity (Wildman–Crippen MR) is 85.3 cm³/mol. The molecule has 1 unspecified atom stereocenters. The van der Waals surface area contributed by atoms with Crippen LogP contribution in [0.2, 0.25) is 0 Å². The molecule has 2 nitrogen and oxygen atoms in total. The maximum Gasteiger partial charge on any atom is 0.242 e. The van der Waals surface area contributed by atoms with E-state index in [1.54, 1.807) is 12.5 Å². The van der Waals surface area contributed by atoms with E-state index in [2.05, 4.69) is 13.8 Å². The molecular weight excluding hydrogens is 248 g/mol. The zero-order chi connectivity index (χ0) is 14.5. The summed E-state index contributed by atoms with van der Waals surface area (Å²) in [5.74, 6) is 0.577. The Morgan fingerprint density at radius 1 is 0.700 bits per heavy atom. The summed E-state index contributed by atoms with van der Waals surface area (Å²) in [6.07, 6.45) is 19.4. The van der Waals surface area contributed by atoms with E-state index < -0.39 is 0 Å². The summed E-state index contributed by atoms with van der Waals surface area (Å²) < 4.78 is 11.1. The van der Waals surface area contributed by atoms with E-state index in [9.17, 15) is 0 Å². The summed E-state index contributed by atoms with van der Waals surface area (Å²) in [7, 11) is 0. The van der Waals surface area contributed by atoms with Crippen molar-refractivity contribution in [2.75, 3.05) is 0 Å². The van der Waals surface area contributed by atoms with Gasteiger partial charge in [0.25, 0.3) is 0 Å². The van der Waals surface area contributed by atoms with E-state index in [1.165, 1.54) is 77.0 Å². The highest BCUT2D eigenvalue weighted by Gasteiger charge is 2.24. The van der Waals surface area contributed by atoms with Gasteiger partial charge < -0.3 is 9.47 Å². The minimum absolute atomic E-state index is 0.00716. The third kappa shape index (κ3) is 7.81. The van der Waals surface area contributed by atoms with Gasteiger partial charge in [0, 0.05) is 5.92 Å². The number of rotatable bonds is 13. The molecule has 0 fully saturated rings. The minimum Gasteiger partial charge on any atom is -0.459 e. The van der Waals surface area contributed by atoms with E-state index in [0.29, 0.717) is 5.92 Å². The molecule has 0 aromatic rings. The topological polar surface area (TPSA) is 18.5 Å². The summed E-state index contributed by atoms with van der Waals surface area (Å²) in [6, 6.07) is 0. The van der Waals surface area contributed by atoms with Crippen LogP contribution in [0.1, 0.15) is 90.9 Å². The first-order valence-corrected chi connectivity index (χ1v) is 8.84. The van der Waals surface area contributed by atoms with E-state index >= 15 is 0 Å². The maximum absolute atomic E-state index is 5.56. The van der Waals surface area contributed by atoms with Gasteiger partial charge in [-0.2, -0.15) is 0 Å². The second kappa shape index (κ2) is 12.1. The molecule has 2 heteroatoms. The fourth-order valence-electron chi connectivity index (χ4n) is 2.91. The molecule has 1 rings (SSSR count). The van der Waals surface area contributed by atoms with Gasteiger partial charge in [-0.25, -0.2) is 0 Å². The summed E-state index contributed by atoms with van der Waals surface area (Å²) >= 11 is 0. The number of hydrogen-bond acceptors (Lipinski definition) is 2. The van der Waals surface area contributed by atoms with Gasteiger partial charge in [-0.15, -0.1) is 0 Å². The van der Waals surface area contributed by atoms with Crippen molar-refractivity contribution in [3.05, 3.63) is 12.5 Å². The van der Waals surface area contributed by atoms with Gasteiger partial charge in [-0.1, -0.05) is 78.1 Å². The highest BCUT2D eigenvalue weighted by Crippen LogP contribution is 2.26. The third-order valence-electron chi connectivity index (χ3n) is 4.22. The minimum atomic E-state index is -0.00716. The van der Waals surface area contributed by atoms with Crippen LogP contribution in [0.3, 0.4) is 0 Å². The summed E-state index contributed by atoms with van der Waals surface area (Å²) in [5.41, 5.74) is 0. The van der Waals surface area contributed by atoms with Crippen LogP contribution in [0.15, 0.2) is 12.5 Å². The Balaban J connectivity index is 2.13. The Hall–Kier alpha value is -0.660. The fourth-order valence-corrected chi connectivity index (χ4v) is 2.91. The third-order valence-corrected chi connectivity index (χ3v) is 4.22. The van der Waals surface area contributed by atoms with E-state index in [4.69, 9.17) is 9.47 Å². The van der Waals surface area contributed by atoms with Crippen LogP contribution < -0.4 is 0 Å². The van der Waals surface area contributed by atoms with Crippen molar-refractivity contribution in [2.45, 2.75) is 97.2 Å². The SMILES string of the molecule is CCCCCCCCC(CCCCCC)C1OC=CO1. The summed E-state index contributed by atoms with van der Waals surface area (Å²) in [6.45, 7) is 4.54. The van der Waals surface area contributed by atoms with Crippen molar-refractivity contribution in [1.82, 2.24) is 0 Å². The zero-order valence-corrected chi connectivity index (χ0v) is 13.6. The molecule has 118 valence electrons. The smallest absolute Gasteiger partial charge is 0.242 e. The summed E-state index contributed by atoms with van der Waals surface area (Å²) in [5, 5.41) is 0. The van der Waals surface area contributed by atoms with Gasteiger partial charge in [-0.3, -0.25) is 0 Å². The quantitative estimate of drug-likeness (QED) is 0.376. The lowest BCUT2D eigenvalue weighted by Gasteiger charge is -2.22. The van der Waals surface area contributed by atoms with Crippen molar-refractivity contribution in [1.29, 1.82) is 0 Å². The van der Waals surface area contributed by atoms with Crippen LogP contribution in [0, 0.1) is 5.92 Å². The van der Waals surface area contributed by atoms with Gasteiger partial charge in [-0.05, 0) is 12.8 Å². The van der Waals surface area contributed by atoms with Crippen molar-refractivity contribution in [3.63, 3.8) is 0 Å². The average Bonchev–Trinajstić information content (AvgIpc) is 2.99. The van der Waals surface area contributed by atoms with Crippen LogP contribution in [-0.2, 0) is 9.47 Å². The molecule has 0 aromatic heterocycles. The molecular formula is C18H34O2. The van der Waals surface area contributed by atoms with Crippen molar-refractivity contribution in [2.24, 2.45) is 5.92 Å². The van der Waals surface area contributed by atoms with E-state index in [-0.39, 0.29) is 6.29 Å². The second-order valence-electron chi connectivity index (χ2n) is 6.08. The second-order valence-corrected chi connectivity index (χ2v) is 6.08. The molecule has 0 saturated carbocycles. The normalized spacial score (nSPS) is 16.1. The van der Waals surface area contributed by atoms with Gasteiger partial charge in [0.15, 0.2) is 0 Å². The van der Waals surface area contributed by atoms with Gasteiger partial charge in [0.05, 0.1) is 0 Å². The molecule has 0 N–H and O–H groups in total. The monoisotopic (exact) mass is 282 g/mol. The molecule has 0 bridgehead atoms. The lowest BCUT2D eigenvalue weighted by atomic mass is 9.93. The molecule has 0 aromatic carbocycles. The number of unbranched alkanes of at least 4 members (excludes halogenated alkanes) is 8. The Morgan fingerprint density at radius 2 is 1.15 bits per heavy atom. The molecule has 1 aliphatic rings. The highest BCUT2D eigenvalue weighted by molar-refractivity contribution is 4.76. The predicted octanol–water partition coefficient (Wildman–Crippen LogP) is 6.17. The van der Waals surface area contributed by atoms with Crippen LogP contribution in [0.5, 0.6) is 0 Å². The molecule has 0 aliphatic carbocycles. The van der Waals surface area contributed by atoms with Crippen LogP contribution in [-0.4, -0.2) is 6.29 Å². The lowest BCUT2D eigenvalue weighted by Crippen LogP contribution is -2.21. The maximum atomic E-state index is 5.56. The van der Waals surface area contributed by atoms with Gasteiger partial charge in [0.2, 0.25) is 6.29 Å². The molecule has 1 aliphatic heterocycles. The Bertz CT molecular complexity index is 230. The molecule has 0 amide bonds. The van der Waals surface area contributed by atoms with Crippen molar-refractivity contribution in [3.8, 4) is 0 Å². The first-order chi connectivity index (χ1) is 9.88. The average molecular weight is 282 g/mol. The van der Waals surface area contributed by atoms with Crippen molar-refractivity contribution >= 4 is 0 Å². The standard InChI is InChI=1S/C18H34O2/c1-3-5-7-9-10-12-14-17(13-11-8-6-4-2)18-19-15-16-20-18/h15-18H,3-14H2,1-2H3. The van der Waals surface area contributed by atoms with Crippen LogP contribution >= 0.6 is 0 Å². The first kappa shape index (κ1) is 17.4. The Labute approximate surface area is 125 Å². The Kier molecular flexibility index (Phi) is 10.5. The molecule has 1 atom stereocenters. The zero-order valence-electron chi connectivity index (χ0n) is 13.6. The van der Waals surface area contributed by atoms with Crippen molar-refractivity contribution < 1.29 is 9.47 Å². The summed E-state index contributed by atoms with van der Waals surface area (Å²) in [4.78, 5) is 0.